The number of nitrogens with zero attached hydrogens (tertiary/aromatic N) is 4. The number of benzene rings is 1. The lowest BCUT2D eigenvalue weighted by Crippen LogP contribution is -2.37. The number of carboxylic acids is 1. The van der Waals surface area contributed by atoms with Gasteiger partial charge in [0.2, 0.25) is 0 Å². The molecule has 2 aromatic heterocycles. The van der Waals surface area contributed by atoms with Gasteiger partial charge >= 0.3 is 5.97 Å². The Morgan fingerprint density at radius 1 is 1.00 bits per heavy atom. The van der Waals surface area contributed by atoms with Crippen LogP contribution in [0.3, 0.4) is 0 Å². The highest BCUT2D eigenvalue weighted by molar-refractivity contribution is 6.39. The third kappa shape index (κ3) is 6.93. The van der Waals surface area contributed by atoms with Crippen LogP contribution >= 0.6 is 23.2 Å². The van der Waals surface area contributed by atoms with Gasteiger partial charge in [-0.3, -0.25) is 24.0 Å². The van der Waals surface area contributed by atoms with Gasteiger partial charge in [-0.05, 0) is 43.4 Å². The molecule has 0 aliphatic heterocycles. The van der Waals surface area contributed by atoms with E-state index in [0.717, 1.165) is 18.2 Å². The van der Waals surface area contributed by atoms with Crippen LogP contribution in [-0.2, 0) is 16.8 Å². The number of carbonyl (C=O) groups is 3. The first-order valence-corrected chi connectivity index (χ1v) is 13.9. The molecule has 218 valence electrons. The summed E-state index contributed by atoms with van der Waals surface area (Å²) in [6, 6.07) is 2.80. The molecule has 2 heterocycles. The number of hydrogen-bond donors (Lipinski definition) is 1. The highest BCUT2D eigenvalue weighted by Gasteiger charge is 2.35. The maximum absolute atomic E-state index is 14.1. The Labute approximate surface area is 246 Å². The lowest BCUT2D eigenvalue weighted by molar-refractivity contribution is -0.143. The Hall–Kier alpha value is -3.37. The second kappa shape index (κ2) is 12.2. The number of hydrogen-bond acceptors (Lipinski definition) is 5. The molecule has 3 aromatic rings. The summed E-state index contributed by atoms with van der Waals surface area (Å²) in [6.07, 6.45) is 6.10. The van der Waals surface area contributed by atoms with E-state index in [-0.39, 0.29) is 39.3 Å². The number of carboxylic acid groups (broad SMARTS) is 1. The monoisotopic (exact) mass is 606 g/mol. The zero-order chi connectivity index (χ0) is 30.1. The smallest absolute Gasteiger partial charge is 0.306 e. The van der Waals surface area contributed by atoms with Crippen molar-refractivity contribution in [1.29, 1.82) is 0 Å². The zero-order valence-corrected chi connectivity index (χ0v) is 24.3. The van der Waals surface area contributed by atoms with E-state index in [1.807, 2.05) is 20.8 Å². The maximum Gasteiger partial charge on any atom is 0.306 e. The number of ketones is 1. The highest BCUT2D eigenvalue weighted by atomic mass is 35.5. The van der Waals surface area contributed by atoms with Crippen LogP contribution in [0.2, 0.25) is 10.0 Å². The molecule has 1 saturated carbocycles. The molecule has 1 aromatic carbocycles. The molecule has 0 radical (unpaired) electrons. The fourth-order valence-corrected chi connectivity index (χ4v) is 5.91. The normalized spacial score (nSPS) is 17.3. The molecule has 0 unspecified atom stereocenters. The fraction of sp³-hybridized carbons (Fsp3) is 0.414. The van der Waals surface area contributed by atoms with Crippen molar-refractivity contribution in [3.63, 3.8) is 0 Å². The van der Waals surface area contributed by atoms with Crippen LogP contribution in [0, 0.1) is 17.6 Å². The standard InChI is InChI=1S/C29H30Cl2F2N4O4/c1-29(2,3)26-21(11-35-37(26)20-6-4-17(5-7-20)28(40)41)27(39)36(14-16-8-18(32)10-19(33)9-16)15-24(38)25-22(30)12-34-13-23(25)31/h8-13,17,20H,4-7,14-15H2,1-3H3,(H,40,41)/t17-,20-. The lowest BCUT2D eigenvalue weighted by Gasteiger charge is -2.31. The summed E-state index contributed by atoms with van der Waals surface area (Å²) in [5.74, 6) is -4.03. The molecule has 0 atom stereocenters. The summed E-state index contributed by atoms with van der Waals surface area (Å²) in [5, 5.41) is 14.0. The van der Waals surface area contributed by atoms with E-state index in [4.69, 9.17) is 23.2 Å². The molecule has 12 heteroatoms. The third-order valence-electron chi connectivity index (χ3n) is 7.18. The van der Waals surface area contributed by atoms with Gasteiger partial charge in [0, 0.05) is 30.4 Å². The number of amides is 1. The van der Waals surface area contributed by atoms with Crippen LogP contribution in [0.5, 0.6) is 0 Å². The van der Waals surface area contributed by atoms with Crippen LogP contribution in [-0.4, -0.2) is 49.0 Å². The van der Waals surface area contributed by atoms with Crippen molar-refractivity contribution in [3.05, 3.63) is 80.9 Å². The summed E-state index contributed by atoms with van der Waals surface area (Å²) in [4.78, 5) is 44.0. The number of Topliss-reactive ketones (excluding diaryl/α,β-unsaturated/α-hetero) is 1. The first kappa shape index (κ1) is 30.6. The topological polar surface area (TPSA) is 105 Å². The molecule has 8 nitrogen and oxygen atoms in total. The van der Waals surface area contributed by atoms with Gasteiger partial charge in [0.25, 0.3) is 5.91 Å². The van der Waals surface area contributed by atoms with Gasteiger partial charge in [0.05, 0.1) is 51.6 Å². The van der Waals surface area contributed by atoms with Gasteiger partial charge in [-0.25, -0.2) is 8.78 Å². The van der Waals surface area contributed by atoms with Crippen molar-refractivity contribution >= 4 is 40.9 Å². The molecule has 1 N–H and O–H groups in total. The lowest BCUT2D eigenvalue weighted by atomic mass is 9.84. The van der Waals surface area contributed by atoms with Crippen molar-refractivity contribution < 1.29 is 28.3 Å². The second-order valence-electron chi connectivity index (χ2n) is 11.3. The second-order valence-corrected chi connectivity index (χ2v) is 12.1. The molecule has 1 fully saturated rings. The summed E-state index contributed by atoms with van der Waals surface area (Å²) < 4.78 is 29.9. The Morgan fingerprint density at radius 2 is 1.59 bits per heavy atom. The summed E-state index contributed by atoms with van der Waals surface area (Å²) in [5.41, 5.74) is 0.406. The van der Waals surface area contributed by atoms with Gasteiger partial charge in [-0.2, -0.15) is 5.10 Å². The van der Waals surface area contributed by atoms with E-state index in [0.29, 0.717) is 31.4 Å². The number of aromatic nitrogens is 3. The Balaban J connectivity index is 1.73. The quantitative estimate of drug-likeness (QED) is 0.293. The number of aliphatic carboxylic acids is 1. The average Bonchev–Trinajstić information content (AvgIpc) is 3.33. The molecular weight excluding hydrogens is 577 g/mol. The minimum Gasteiger partial charge on any atom is -0.481 e. The predicted molar refractivity (Wildman–Crippen MR) is 149 cm³/mol. The molecule has 4 rings (SSSR count). The van der Waals surface area contributed by atoms with E-state index in [2.05, 4.69) is 10.1 Å². The van der Waals surface area contributed by atoms with Gasteiger partial charge < -0.3 is 10.0 Å². The van der Waals surface area contributed by atoms with Crippen molar-refractivity contribution in [1.82, 2.24) is 19.7 Å². The van der Waals surface area contributed by atoms with E-state index >= 15 is 0 Å². The van der Waals surface area contributed by atoms with Crippen molar-refractivity contribution in [2.45, 2.75) is 64.5 Å². The van der Waals surface area contributed by atoms with Gasteiger partial charge in [0.15, 0.2) is 5.78 Å². The van der Waals surface area contributed by atoms with E-state index < -0.39 is 47.2 Å². The molecule has 1 amide bonds. The first-order chi connectivity index (χ1) is 19.3. The van der Waals surface area contributed by atoms with Crippen LogP contribution < -0.4 is 0 Å². The van der Waals surface area contributed by atoms with Gasteiger partial charge in [-0.15, -0.1) is 0 Å². The zero-order valence-electron chi connectivity index (χ0n) is 22.8. The first-order valence-electron chi connectivity index (χ1n) is 13.1. The highest BCUT2D eigenvalue weighted by Crippen LogP contribution is 2.37. The molecule has 41 heavy (non-hydrogen) atoms. The molecule has 1 aliphatic carbocycles. The largest absolute Gasteiger partial charge is 0.481 e. The van der Waals surface area contributed by atoms with Crippen LogP contribution in [0.1, 0.15) is 84.5 Å². The fourth-order valence-electron chi connectivity index (χ4n) is 5.33. The third-order valence-corrected chi connectivity index (χ3v) is 7.75. The minimum atomic E-state index is -0.820. The summed E-state index contributed by atoms with van der Waals surface area (Å²) in [7, 11) is 0. The maximum atomic E-state index is 14.1. The minimum absolute atomic E-state index is 0.00635. The van der Waals surface area contributed by atoms with E-state index in [1.165, 1.54) is 23.5 Å². The van der Waals surface area contributed by atoms with Crippen LogP contribution in [0.4, 0.5) is 8.78 Å². The Morgan fingerprint density at radius 3 is 2.12 bits per heavy atom. The number of carbonyl (C=O) groups excluding carboxylic acids is 2. The molecule has 1 aliphatic rings. The predicted octanol–water partition coefficient (Wildman–Crippen LogP) is 6.50. The average molecular weight is 607 g/mol. The van der Waals surface area contributed by atoms with E-state index in [1.54, 1.807) is 4.68 Å². The number of pyridine rings is 1. The van der Waals surface area contributed by atoms with E-state index in [9.17, 15) is 28.3 Å². The molecule has 0 bridgehead atoms. The van der Waals surface area contributed by atoms with Gasteiger partial charge in [0.1, 0.15) is 11.6 Å². The van der Waals surface area contributed by atoms with Crippen molar-refractivity contribution in [2.24, 2.45) is 5.92 Å². The molecule has 0 spiro atoms. The molecule has 0 saturated heterocycles. The summed E-state index contributed by atoms with van der Waals surface area (Å²) >= 11 is 12.4. The Kier molecular flexibility index (Phi) is 9.13. The Bertz CT molecular complexity index is 1440. The molecular formula is C29H30Cl2F2N4O4. The van der Waals surface area contributed by atoms with Crippen molar-refractivity contribution in [3.8, 4) is 0 Å². The van der Waals surface area contributed by atoms with Crippen molar-refractivity contribution in [2.75, 3.05) is 6.54 Å². The van der Waals surface area contributed by atoms with Gasteiger partial charge in [-0.1, -0.05) is 44.0 Å². The van der Waals surface area contributed by atoms with Crippen LogP contribution in [0.15, 0.2) is 36.8 Å². The number of halogens is 4. The SMILES string of the molecule is CC(C)(C)c1c(C(=O)N(CC(=O)c2c(Cl)cncc2Cl)Cc2cc(F)cc(F)c2)cnn1[C@H]1CC[C@H](C(=O)O)CC1. The summed E-state index contributed by atoms with van der Waals surface area (Å²) in [6.45, 7) is 5.01. The van der Waals surface area contributed by atoms with Crippen LogP contribution in [0.25, 0.3) is 0 Å². The number of rotatable bonds is 8.